The van der Waals surface area contributed by atoms with E-state index >= 15 is 0 Å². The summed E-state index contributed by atoms with van der Waals surface area (Å²) < 4.78 is 37.9. The zero-order valence-electron chi connectivity index (χ0n) is 10.7. The van der Waals surface area contributed by atoms with E-state index in [0.29, 0.717) is 12.2 Å². The molecule has 112 valence electrons. The van der Waals surface area contributed by atoms with Gasteiger partial charge in [-0.3, -0.25) is 4.79 Å². The highest BCUT2D eigenvalue weighted by Gasteiger charge is 2.33. The van der Waals surface area contributed by atoms with E-state index < -0.39 is 17.8 Å². The topological polar surface area (TPSA) is 96.7 Å². The highest BCUT2D eigenvalue weighted by molar-refractivity contribution is 5.97. The average molecular weight is 299 g/mol. The summed E-state index contributed by atoms with van der Waals surface area (Å²) >= 11 is 0. The Bertz CT molecular complexity index is 624. The van der Waals surface area contributed by atoms with Gasteiger partial charge in [0.05, 0.1) is 5.56 Å². The van der Waals surface area contributed by atoms with Gasteiger partial charge >= 0.3 is 6.18 Å². The fourth-order valence-electron chi connectivity index (χ4n) is 1.68. The van der Waals surface area contributed by atoms with Crippen LogP contribution in [-0.2, 0) is 12.6 Å². The van der Waals surface area contributed by atoms with Crippen molar-refractivity contribution in [2.24, 2.45) is 5.73 Å². The molecular weight excluding hydrogens is 287 g/mol. The Labute approximate surface area is 117 Å². The Morgan fingerprint density at radius 2 is 2.14 bits per heavy atom. The molecule has 6 nitrogen and oxygen atoms in total. The van der Waals surface area contributed by atoms with Crippen LogP contribution in [0.4, 0.5) is 19.0 Å². The quantitative estimate of drug-likeness (QED) is 0.781. The summed E-state index contributed by atoms with van der Waals surface area (Å²) in [5, 5.41) is 2.67. The highest BCUT2D eigenvalue weighted by Crippen LogP contribution is 2.29. The number of aromatic nitrogens is 3. The Hall–Kier alpha value is -2.58. The third kappa shape index (κ3) is 3.71. The number of hydrogen-bond donors (Lipinski definition) is 3. The minimum absolute atomic E-state index is 0.0950. The molecule has 0 unspecified atom stereocenters. The molecule has 2 heterocycles. The van der Waals surface area contributed by atoms with Crippen molar-refractivity contribution in [2.75, 3.05) is 11.9 Å². The van der Waals surface area contributed by atoms with Crippen molar-refractivity contribution in [1.82, 2.24) is 15.0 Å². The molecule has 0 atom stereocenters. The second-order valence-electron chi connectivity index (χ2n) is 4.17. The molecule has 21 heavy (non-hydrogen) atoms. The number of nitrogens with zero attached hydrogens (tertiary/aromatic N) is 2. The SMILES string of the molecule is NC(=O)c1ccc(C(F)(F)F)nc1NCCc1ncc[nH]1. The summed E-state index contributed by atoms with van der Waals surface area (Å²) in [5.74, 6) is -0.379. The average Bonchev–Trinajstić information content (AvgIpc) is 2.90. The standard InChI is InChI=1S/C12H12F3N5O/c13-12(14,15)8-2-1-7(10(16)21)11(20-8)19-4-3-9-17-5-6-18-9/h1-2,5-6H,3-4H2,(H2,16,21)(H,17,18)(H,19,20). The van der Waals surface area contributed by atoms with Crippen LogP contribution in [0.5, 0.6) is 0 Å². The molecule has 0 aromatic carbocycles. The lowest BCUT2D eigenvalue weighted by Gasteiger charge is -2.12. The van der Waals surface area contributed by atoms with Crippen LogP contribution >= 0.6 is 0 Å². The molecular formula is C12H12F3N5O. The van der Waals surface area contributed by atoms with Crippen molar-refractivity contribution in [3.63, 3.8) is 0 Å². The maximum atomic E-state index is 12.6. The second-order valence-corrected chi connectivity index (χ2v) is 4.17. The normalized spacial score (nSPS) is 11.4. The van der Waals surface area contributed by atoms with Crippen molar-refractivity contribution in [3.05, 3.63) is 41.6 Å². The summed E-state index contributed by atoms with van der Waals surface area (Å²) in [5.41, 5.74) is 3.94. The number of alkyl halides is 3. The van der Waals surface area contributed by atoms with Gasteiger partial charge < -0.3 is 16.0 Å². The maximum Gasteiger partial charge on any atom is 0.433 e. The molecule has 0 saturated carbocycles. The van der Waals surface area contributed by atoms with Gasteiger partial charge in [0.1, 0.15) is 17.3 Å². The van der Waals surface area contributed by atoms with Crippen molar-refractivity contribution < 1.29 is 18.0 Å². The number of pyridine rings is 1. The van der Waals surface area contributed by atoms with E-state index in [1.165, 1.54) is 0 Å². The van der Waals surface area contributed by atoms with Crippen molar-refractivity contribution in [1.29, 1.82) is 0 Å². The van der Waals surface area contributed by atoms with Crippen LogP contribution in [0.2, 0.25) is 0 Å². The number of nitrogens with two attached hydrogens (primary N) is 1. The molecule has 0 fully saturated rings. The number of primary amides is 1. The minimum atomic E-state index is -4.59. The largest absolute Gasteiger partial charge is 0.433 e. The van der Waals surface area contributed by atoms with Crippen LogP contribution in [0.1, 0.15) is 21.9 Å². The van der Waals surface area contributed by atoms with Gasteiger partial charge in [0, 0.05) is 25.4 Å². The predicted molar refractivity (Wildman–Crippen MR) is 68.5 cm³/mol. The third-order valence-electron chi connectivity index (χ3n) is 2.66. The van der Waals surface area contributed by atoms with Crippen LogP contribution in [-0.4, -0.2) is 27.4 Å². The van der Waals surface area contributed by atoms with Gasteiger partial charge in [-0.1, -0.05) is 0 Å². The Morgan fingerprint density at radius 3 is 2.71 bits per heavy atom. The van der Waals surface area contributed by atoms with Gasteiger partial charge in [-0.2, -0.15) is 13.2 Å². The molecule has 0 spiro atoms. The molecule has 9 heteroatoms. The van der Waals surface area contributed by atoms with Crippen LogP contribution in [0, 0.1) is 0 Å². The fraction of sp³-hybridized carbons (Fsp3) is 0.250. The number of aromatic amines is 1. The van der Waals surface area contributed by atoms with Gasteiger partial charge in [-0.15, -0.1) is 0 Å². The molecule has 2 rings (SSSR count). The van der Waals surface area contributed by atoms with Crippen molar-refractivity contribution >= 4 is 11.7 Å². The molecule has 1 amide bonds. The number of hydrogen-bond acceptors (Lipinski definition) is 4. The van der Waals surface area contributed by atoms with Crippen molar-refractivity contribution in [3.8, 4) is 0 Å². The van der Waals surface area contributed by atoms with E-state index in [-0.39, 0.29) is 17.9 Å². The number of rotatable bonds is 5. The second kappa shape index (κ2) is 5.81. The molecule has 0 saturated heterocycles. The molecule has 0 bridgehead atoms. The van der Waals surface area contributed by atoms with Crippen LogP contribution < -0.4 is 11.1 Å². The summed E-state index contributed by atoms with van der Waals surface area (Å²) in [6, 6.07) is 1.73. The lowest BCUT2D eigenvalue weighted by Crippen LogP contribution is -2.19. The number of carbonyl (C=O) groups excluding carboxylic acids is 1. The summed E-state index contributed by atoms with van der Waals surface area (Å²) in [7, 11) is 0. The van der Waals surface area contributed by atoms with Gasteiger partial charge in [0.2, 0.25) is 0 Å². The van der Waals surface area contributed by atoms with Gasteiger partial charge in [-0.05, 0) is 12.1 Å². The predicted octanol–water partition coefficient (Wildman–Crippen LogP) is 1.58. The van der Waals surface area contributed by atoms with Gasteiger partial charge in [0.15, 0.2) is 0 Å². The zero-order chi connectivity index (χ0) is 15.5. The first-order chi connectivity index (χ1) is 9.88. The van der Waals surface area contributed by atoms with E-state index in [0.717, 1.165) is 12.1 Å². The molecule has 0 aliphatic carbocycles. The van der Waals surface area contributed by atoms with E-state index in [1.807, 2.05) is 0 Å². The van der Waals surface area contributed by atoms with E-state index in [4.69, 9.17) is 5.73 Å². The fourth-order valence-corrected chi connectivity index (χ4v) is 1.68. The molecule has 0 radical (unpaired) electrons. The first-order valence-electron chi connectivity index (χ1n) is 5.98. The lowest BCUT2D eigenvalue weighted by molar-refractivity contribution is -0.141. The maximum absolute atomic E-state index is 12.6. The Kier molecular flexibility index (Phi) is 4.10. The minimum Gasteiger partial charge on any atom is -0.369 e. The summed E-state index contributed by atoms with van der Waals surface area (Å²) in [6.45, 7) is 0.252. The monoisotopic (exact) mass is 299 g/mol. The first kappa shape index (κ1) is 14.8. The van der Waals surface area contributed by atoms with Gasteiger partial charge in [-0.25, -0.2) is 9.97 Å². The molecule has 2 aromatic heterocycles. The van der Waals surface area contributed by atoms with Crippen LogP contribution in [0.15, 0.2) is 24.5 Å². The molecule has 2 aromatic rings. The number of amides is 1. The van der Waals surface area contributed by atoms with E-state index in [9.17, 15) is 18.0 Å². The number of nitrogens with one attached hydrogen (secondary N) is 2. The number of halogens is 3. The Morgan fingerprint density at radius 1 is 1.38 bits per heavy atom. The number of H-pyrrole nitrogens is 1. The van der Waals surface area contributed by atoms with Crippen LogP contribution in [0.25, 0.3) is 0 Å². The molecule has 0 aliphatic rings. The smallest absolute Gasteiger partial charge is 0.369 e. The zero-order valence-corrected chi connectivity index (χ0v) is 10.7. The highest BCUT2D eigenvalue weighted by atomic mass is 19.4. The molecule has 0 aliphatic heterocycles. The van der Waals surface area contributed by atoms with Gasteiger partial charge in [0.25, 0.3) is 5.91 Å². The first-order valence-corrected chi connectivity index (χ1v) is 5.98. The van der Waals surface area contributed by atoms with E-state index in [1.54, 1.807) is 12.4 Å². The van der Waals surface area contributed by atoms with Crippen molar-refractivity contribution in [2.45, 2.75) is 12.6 Å². The lowest BCUT2D eigenvalue weighted by atomic mass is 10.2. The van der Waals surface area contributed by atoms with E-state index in [2.05, 4.69) is 20.3 Å². The summed E-state index contributed by atoms with van der Waals surface area (Å²) in [6.07, 6.45) is -0.962. The Balaban J connectivity index is 2.16. The van der Waals surface area contributed by atoms with Crippen LogP contribution in [0.3, 0.4) is 0 Å². The molecule has 4 N–H and O–H groups in total. The number of anilines is 1. The number of carbonyl (C=O) groups is 1. The third-order valence-corrected chi connectivity index (χ3v) is 2.66. The summed E-state index contributed by atoms with van der Waals surface area (Å²) in [4.78, 5) is 21.5. The number of imidazole rings is 1.